The van der Waals surface area contributed by atoms with E-state index in [-0.39, 0.29) is 16.8 Å². The monoisotopic (exact) mass is 248 g/mol. The summed E-state index contributed by atoms with van der Waals surface area (Å²) in [5.74, 6) is -1.28. The van der Waals surface area contributed by atoms with Gasteiger partial charge < -0.3 is 15.0 Å². The van der Waals surface area contributed by atoms with Crippen molar-refractivity contribution in [2.75, 3.05) is 0 Å². The lowest BCUT2D eigenvalue weighted by molar-refractivity contribution is -0.137. The van der Waals surface area contributed by atoms with Crippen molar-refractivity contribution in [2.24, 2.45) is 0 Å². The summed E-state index contributed by atoms with van der Waals surface area (Å²) < 4.78 is 38.0. The van der Waals surface area contributed by atoms with E-state index in [0.29, 0.717) is 0 Å². The Morgan fingerprint density at radius 1 is 1.29 bits per heavy atom. The smallest absolute Gasteiger partial charge is 0.417 e. The van der Waals surface area contributed by atoms with E-state index in [0.717, 1.165) is 28.9 Å². The van der Waals surface area contributed by atoms with Crippen LogP contribution in [0.15, 0.2) is 24.5 Å². The van der Waals surface area contributed by atoms with Gasteiger partial charge >= 0.3 is 12.1 Å². The summed E-state index contributed by atoms with van der Waals surface area (Å²) in [5, 5.41) is 8.62. The number of alkyl halides is 3. The third kappa shape index (κ3) is 2.36. The topological polar surface area (TPSA) is 86.1 Å². The van der Waals surface area contributed by atoms with E-state index in [1.165, 1.54) is 0 Å². The normalized spacial score (nSPS) is 11.2. The second kappa shape index (κ2) is 4.06. The Bertz CT molecular complexity index is 562. The third-order valence-electron chi connectivity index (χ3n) is 2.00. The first-order valence-corrected chi connectivity index (χ1v) is 4.17. The van der Waals surface area contributed by atoms with E-state index in [1.54, 1.807) is 0 Å². The average molecular weight is 248 g/mol. The highest BCUT2D eigenvalue weighted by molar-refractivity contribution is 5.86. The minimum Gasteiger partial charge on any atom is -0.476 e. The maximum absolute atomic E-state index is 12.3. The number of fused-ring (bicyclic) bond motifs is 1. The number of nitrogens with zero attached hydrogens (tertiary/aromatic N) is 2. The standard InChI is InChI=1S/C9H5F3N2O2.H2O/c10-9(11,12)5-1-2-7-13-6(8(15)16)4-14(7)3-5;/h1-4H,(H,15,16);1H2. The van der Waals surface area contributed by atoms with Crippen molar-refractivity contribution in [3.8, 4) is 0 Å². The predicted molar refractivity (Wildman–Crippen MR) is 50.8 cm³/mol. The SMILES string of the molecule is O.O=C(O)c1cn2cc(C(F)(F)F)ccc2n1. The van der Waals surface area contributed by atoms with Crippen LogP contribution in [0.1, 0.15) is 16.1 Å². The molecule has 0 aliphatic rings. The Labute approximate surface area is 92.4 Å². The molecule has 2 aromatic heterocycles. The van der Waals surface area contributed by atoms with Crippen LogP contribution in [0, 0.1) is 0 Å². The molecule has 0 radical (unpaired) electrons. The fraction of sp³-hybridized carbons (Fsp3) is 0.111. The summed E-state index contributed by atoms with van der Waals surface area (Å²) in [7, 11) is 0. The summed E-state index contributed by atoms with van der Waals surface area (Å²) >= 11 is 0. The largest absolute Gasteiger partial charge is 0.476 e. The van der Waals surface area contributed by atoms with Gasteiger partial charge in [0.25, 0.3) is 0 Å². The second-order valence-electron chi connectivity index (χ2n) is 3.11. The first-order chi connectivity index (χ1) is 7.38. The molecule has 2 aromatic rings. The molecule has 0 unspecified atom stereocenters. The van der Waals surface area contributed by atoms with Gasteiger partial charge in [0.05, 0.1) is 5.56 Å². The van der Waals surface area contributed by atoms with E-state index in [9.17, 15) is 18.0 Å². The van der Waals surface area contributed by atoms with Gasteiger partial charge in [0.2, 0.25) is 0 Å². The maximum atomic E-state index is 12.3. The molecule has 17 heavy (non-hydrogen) atoms. The van der Waals surface area contributed by atoms with Gasteiger partial charge in [0.1, 0.15) is 5.65 Å². The van der Waals surface area contributed by atoms with Crippen LogP contribution < -0.4 is 0 Å². The number of rotatable bonds is 1. The molecule has 2 heterocycles. The summed E-state index contributed by atoms with van der Waals surface area (Å²) in [4.78, 5) is 14.2. The molecular formula is C9H7F3N2O3. The number of carboxylic acid groups (broad SMARTS) is 1. The molecule has 0 bridgehead atoms. The molecule has 3 N–H and O–H groups in total. The Morgan fingerprint density at radius 2 is 1.94 bits per heavy atom. The number of hydrogen-bond acceptors (Lipinski definition) is 2. The highest BCUT2D eigenvalue weighted by Crippen LogP contribution is 2.29. The number of aromatic nitrogens is 2. The number of pyridine rings is 1. The van der Waals surface area contributed by atoms with Crippen molar-refractivity contribution in [3.63, 3.8) is 0 Å². The minimum atomic E-state index is -4.46. The molecule has 0 saturated heterocycles. The molecule has 0 aliphatic heterocycles. The van der Waals surface area contributed by atoms with Crippen LogP contribution in [-0.4, -0.2) is 25.9 Å². The Hall–Kier alpha value is -2.09. The van der Waals surface area contributed by atoms with Gasteiger partial charge in [0.15, 0.2) is 5.69 Å². The Balaban J connectivity index is 0.00000144. The van der Waals surface area contributed by atoms with Crippen molar-refractivity contribution in [1.82, 2.24) is 9.38 Å². The Kier molecular flexibility index (Phi) is 3.10. The van der Waals surface area contributed by atoms with Crippen LogP contribution in [-0.2, 0) is 6.18 Å². The first-order valence-electron chi connectivity index (χ1n) is 4.17. The lowest BCUT2D eigenvalue weighted by Crippen LogP contribution is -2.05. The zero-order valence-corrected chi connectivity index (χ0v) is 8.19. The van der Waals surface area contributed by atoms with Crippen molar-refractivity contribution in [2.45, 2.75) is 6.18 Å². The zero-order chi connectivity index (χ0) is 11.9. The van der Waals surface area contributed by atoms with Gasteiger partial charge in [-0.05, 0) is 12.1 Å². The summed E-state index contributed by atoms with van der Waals surface area (Å²) in [6, 6.07) is 1.98. The fourth-order valence-electron chi connectivity index (χ4n) is 1.26. The molecule has 0 spiro atoms. The third-order valence-corrected chi connectivity index (χ3v) is 2.00. The molecular weight excluding hydrogens is 241 g/mol. The van der Waals surface area contributed by atoms with Crippen LogP contribution >= 0.6 is 0 Å². The van der Waals surface area contributed by atoms with E-state index < -0.39 is 17.7 Å². The zero-order valence-electron chi connectivity index (χ0n) is 8.19. The van der Waals surface area contributed by atoms with E-state index in [4.69, 9.17) is 5.11 Å². The van der Waals surface area contributed by atoms with Crippen LogP contribution in [0.5, 0.6) is 0 Å². The maximum Gasteiger partial charge on any atom is 0.417 e. The lowest BCUT2D eigenvalue weighted by atomic mass is 10.3. The van der Waals surface area contributed by atoms with E-state index >= 15 is 0 Å². The molecule has 5 nitrogen and oxygen atoms in total. The summed E-state index contributed by atoms with van der Waals surface area (Å²) in [5.41, 5.74) is -0.987. The molecule has 0 atom stereocenters. The second-order valence-corrected chi connectivity index (χ2v) is 3.11. The number of hydrogen-bond donors (Lipinski definition) is 1. The first kappa shape index (κ1) is 13.0. The quantitative estimate of drug-likeness (QED) is 0.823. The number of carbonyl (C=O) groups is 1. The van der Waals surface area contributed by atoms with Gasteiger partial charge in [0, 0.05) is 12.4 Å². The summed E-state index contributed by atoms with van der Waals surface area (Å²) in [6.07, 6.45) is -2.62. The fourth-order valence-corrected chi connectivity index (χ4v) is 1.26. The number of carboxylic acids is 1. The number of halogens is 3. The Morgan fingerprint density at radius 3 is 2.47 bits per heavy atom. The van der Waals surface area contributed by atoms with Gasteiger partial charge in [-0.1, -0.05) is 0 Å². The lowest BCUT2D eigenvalue weighted by Gasteiger charge is -2.05. The van der Waals surface area contributed by atoms with Gasteiger partial charge in [-0.25, -0.2) is 9.78 Å². The molecule has 0 fully saturated rings. The summed E-state index contributed by atoms with van der Waals surface area (Å²) in [6.45, 7) is 0. The predicted octanol–water partition coefficient (Wildman–Crippen LogP) is 1.23. The van der Waals surface area contributed by atoms with E-state index in [2.05, 4.69) is 4.98 Å². The highest BCUT2D eigenvalue weighted by Gasteiger charge is 2.30. The van der Waals surface area contributed by atoms with Crippen LogP contribution in [0.2, 0.25) is 0 Å². The van der Waals surface area contributed by atoms with Crippen LogP contribution in [0.25, 0.3) is 5.65 Å². The van der Waals surface area contributed by atoms with Crippen LogP contribution in [0.3, 0.4) is 0 Å². The van der Waals surface area contributed by atoms with Crippen molar-refractivity contribution < 1.29 is 28.5 Å². The molecule has 0 saturated carbocycles. The van der Waals surface area contributed by atoms with Crippen molar-refractivity contribution in [3.05, 3.63) is 35.8 Å². The van der Waals surface area contributed by atoms with Crippen molar-refractivity contribution in [1.29, 1.82) is 0 Å². The average Bonchev–Trinajstić information content (AvgIpc) is 2.58. The minimum absolute atomic E-state index is 0. The molecule has 2 rings (SSSR count). The van der Waals surface area contributed by atoms with E-state index in [1.807, 2.05) is 0 Å². The molecule has 0 amide bonds. The molecule has 0 aliphatic carbocycles. The van der Waals surface area contributed by atoms with Gasteiger partial charge in [-0.15, -0.1) is 0 Å². The van der Waals surface area contributed by atoms with Crippen LogP contribution in [0.4, 0.5) is 13.2 Å². The molecule has 8 heteroatoms. The molecule has 0 aromatic carbocycles. The van der Waals surface area contributed by atoms with Gasteiger partial charge in [-0.2, -0.15) is 13.2 Å². The highest BCUT2D eigenvalue weighted by atomic mass is 19.4. The van der Waals surface area contributed by atoms with Crippen molar-refractivity contribution >= 4 is 11.6 Å². The number of imidazole rings is 1. The van der Waals surface area contributed by atoms with Gasteiger partial charge in [-0.3, -0.25) is 0 Å². The number of aromatic carboxylic acids is 1. The molecule has 92 valence electrons.